The normalized spacial score (nSPS) is 34.7. The molecule has 0 radical (unpaired) electrons. The number of ketones is 2. The molecule has 0 aromatic heterocycles. The molecule has 12 nitrogen and oxygen atoms in total. The third-order valence-corrected chi connectivity index (χ3v) is 11.9. The predicted octanol–water partition coefficient (Wildman–Crippen LogP) is 1.75. The molecule has 0 bridgehead atoms. The number of allylic oxidation sites excluding steroid dienone is 1. The van der Waals surface area contributed by atoms with Crippen molar-refractivity contribution in [1.29, 1.82) is 0 Å². The number of aliphatic hydroxyl groups is 2. The largest absolute Gasteiger partial charge is 0.480 e. The smallest absolute Gasteiger partial charge is 0.327 e. The Kier molecular flexibility index (Phi) is 10.8. The van der Waals surface area contributed by atoms with Crippen LogP contribution in [0.15, 0.2) is 11.6 Å². The number of carbonyl (C=O) groups excluding carboxylic acids is 5. The minimum atomic E-state index is -1.79. The van der Waals surface area contributed by atoms with E-state index in [4.69, 9.17) is 9.84 Å². The third-order valence-electron chi connectivity index (χ3n) is 11.5. The number of carboxylic acids is 1. The number of hydrogen-bond donors (Lipinski definition) is 6. The van der Waals surface area contributed by atoms with E-state index in [9.17, 15) is 39.0 Å². The highest BCUT2D eigenvalue weighted by Gasteiger charge is 2.68. The summed E-state index contributed by atoms with van der Waals surface area (Å²) >= 11 is 3.92. The molecule has 4 aliphatic rings. The molecule has 0 aliphatic heterocycles. The monoisotopic (exact) mass is 664 g/mol. The molecule has 4 aliphatic carbocycles. The summed E-state index contributed by atoms with van der Waals surface area (Å²) in [6.07, 6.45) is 3.94. The molecule has 0 aromatic carbocycles. The van der Waals surface area contributed by atoms with Crippen LogP contribution in [0.25, 0.3) is 0 Å². The van der Waals surface area contributed by atoms with Gasteiger partial charge < -0.3 is 30.7 Å². The van der Waals surface area contributed by atoms with E-state index in [0.29, 0.717) is 19.3 Å². The lowest BCUT2D eigenvalue weighted by molar-refractivity contribution is -0.184. The average molecular weight is 665 g/mol. The van der Waals surface area contributed by atoms with Gasteiger partial charge in [-0.15, -0.1) is 0 Å². The Labute approximate surface area is 274 Å². The maximum atomic E-state index is 13.5. The van der Waals surface area contributed by atoms with Gasteiger partial charge in [-0.05, 0) is 73.7 Å². The van der Waals surface area contributed by atoms with Crippen molar-refractivity contribution in [3.05, 3.63) is 11.6 Å². The number of nitrogens with one attached hydrogen (secondary N) is 2. The van der Waals surface area contributed by atoms with Crippen LogP contribution in [0.5, 0.6) is 0 Å². The van der Waals surface area contributed by atoms with Crippen molar-refractivity contribution >= 4 is 47.9 Å². The molecule has 0 spiro atoms. The number of carboxylic acid groups (broad SMARTS) is 1. The third kappa shape index (κ3) is 6.64. The number of carbonyl (C=O) groups is 6. The molecule has 13 heteroatoms. The van der Waals surface area contributed by atoms with Crippen LogP contribution >= 0.6 is 12.6 Å². The molecular weight excluding hydrogens is 616 g/mol. The minimum absolute atomic E-state index is 0.0186. The van der Waals surface area contributed by atoms with Crippen LogP contribution in [0.4, 0.5) is 0 Å². The first kappa shape index (κ1) is 36.1. The number of hydrogen-bond acceptors (Lipinski definition) is 10. The van der Waals surface area contributed by atoms with E-state index in [0.717, 1.165) is 18.4 Å². The molecule has 256 valence electrons. The first-order valence-corrected chi connectivity index (χ1v) is 16.9. The molecule has 9 atom stereocenters. The standard InChI is InChI=1S/C33H48N2O10S/c1-17(2)28(29(41)34-22(16-46)30(42)43)35-25(39)7-8-26(40)45-15-24(38)33(44)12-10-21-20-6-5-18-13-19(36)9-11-31(18,3)27(20)23(37)14-32(21,33)4/h13,17,20-23,27-28,37,44,46H,5-12,14-16H2,1-4H3,(H,34,41)(H,35,39)(H,42,43)/t20-,21-,22+,23-,27+,28-,31-,32-,33-/m0/s1. The SMILES string of the molecule is CC(C)[C@H](NC(=O)CCC(=O)OCC(=O)[C@@]1(O)CC[C@H]2[C@@H]3CCC4=CC(=O)CC[C@]4(C)[C@H]3[C@@H](O)C[C@@]21C)C(=O)N[C@H](CS)C(=O)O. The van der Waals surface area contributed by atoms with Crippen LogP contribution in [0.2, 0.25) is 0 Å². The number of rotatable bonds is 12. The molecule has 3 fully saturated rings. The van der Waals surface area contributed by atoms with E-state index < -0.39 is 65.3 Å². The van der Waals surface area contributed by atoms with Crippen LogP contribution < -0.4 is 10.6 Å². The fraction of sp³-hybridized carbons (Fsp3) is 0.758. The van der Waals surface area contributed by atoms with Crippen molar-refractivity contribution in [3.8, 4) is 0 Å². The molecule has 0 heterocycles. The number of thiol groups is 1. The molecule has 2 amide bonds. The van der Waals surface area contributed by atoms with E-state index in [1.807, 2.05) is 6.92 Å². The summed E-state index contributed by atoms with van der Waals surface area (Å²) < 4.78 is 5.20. The van der Waals surface area contributed by atoms with Crippen LogP contribution in [-0.2, 0) is 33.5 Å². The van der Waals surface area contributed by atoms with Crippen molar-refractivity contribution in [3.63, 3.8) is 0 Å². The molecule has 4 rings (SSSR count). The van der Waals surface area contributed by atoms with Gasteiger partial charge in [-0.1, -0.05) is 33.3 Å². The van der Waals surface area contributed by atoms with Gasteiger partial charge >= 0.3 is 11.9 Å². The van der Waals surface area contributed by atoms with Crippen molar-refractivity contribution in [1.82, 2.24) is 10.6 Å². The van der Waals surface area contributed by atoms with Crippen LogP contribution in [0, 0.1) is 34.5 Å². The van der Waals surface area contributed by atoms with Crippen molar-refractivity contribution in [2.24, 2.45) is 34.5 Å². The van der Waals surface area contributed by atoms with Gasteiger partial charge in [-0.3, -0.25) is 24.0 Å². The van der Waals surface area contributed by atoms with Gasteiger partial charge in [0.25, 0.3) is 0 Å². The highest BCUT2D eigenvalue weighted by molar-refractivity contribution is 7.80. The number of fused-ring (bicyclic) bond motifs is 5. The molecule has 0 unspecified atom stereocenters. The highest BCUT2D eigenvalue weighted by Crippen LogP contribution is 2.67. The second-order valence-corrected chi connectivity index (χ2v) is 14.8. The Bertz CT molecular complexity index is 1300. The Morgan fingerprint density at radius 2 is 1.76 bits per heavy atom. The fourth-order valence-corrected chi connectivity index (χ4v) is 9.18. The summed E-state index contributed by atoms with van der Waals surface area (Å²) in [5.74, 6) is -4.45. The number of esters is 1. The number of ether oxygens (including phenoxy) is 1. The lowest BCUT2D eigenvalue weighted by Crippen LogP contribution is -2.62. The summed E-state index contributed by atoms with van der Waals surface area (Å²) in [5.41, 5.74) is -1.91. The topological polar surface area (TPSA) is 196 Å². The summed E-state index contributed by atoms with van der Waals surface area (Å²) in [5, 5.41) is 37.4. The van der Waals surface area contributed by atoms with Gasteiger partial charge in [0.2, 0.25) is 17.6 Å². The first-order valence-electron chi connectivity index (χ1n) is 16.2. The van der Waals surface area contributed by atoms with E-state index in [2.05, 4.69) is 30.2 Å². The second-order valence-electron chi connectivity index (χ2n) is 14.4. The zero-order valence-electron chi connectivity index (χ0n) is 27.0. The lowest BCUT2D eigenvalue weighted by atomic mass is 9.45. The number of aliphatic hydroxyl groups excluding tert-OH is 1. The molecule has 3 saturated carbocycles. The van der Waals surface area contributed by atoms with Crippen LogP contribution in [0.3, 0.4) is 0 Å². The van der Waals surface area contributed by atoms with Gasteiger partial charge in [0, 0.05) is 24.0 Å². The second kappa shape index (κ2) is 13.8. The zero-order valence-corrected chi connectivity index (χ0v) is 27.9. The maximum Gasteiger partial charge on any atom is 0.327 e. The molecular formula is C33H48N2O10S. The van der Waals surface area contributed by atoms with E-state index in [1.165, 1.54) is 0 Å². The van der Waals surface area contributed by atoms with E-state index in [1.54, 1.807) is 19.9 Å². The molecule has 0 aromatic rings. The maximum absolute atomic E-state index is 13.5. The molecule has 46 heavy (non-hydrogen) atoms. The van der Waals surface area contributed by atoms with Crippen molar-refractivity contribution in [2.45, 2.75) is 109 Å². The quantitative estimate of drug-likeness (QED) is 0.132. The Morgan fingerprint density at radius 1 is 1.07 bits per heavy atom. The Morgan fingerprint density at radius 3 is 2.39 bits per heavy atom. The van der Waals surface area contributed by atoms with Crippen molar-refractivity contribution < 1.29 is 48.8 Å². The fourth-order valence-electron chi connectivity index (χ4n) is 8.93. The molecule has 5 N–H and O–H groups in total. The average Bonchev–Trinajstić information content (AvgIpc) is 3.26. The lowest BCUT2D eigenvalue weighted by Gasteiger charge is -2.60. The van der Waals surface area contributed by atoms with Gasteiger partial charge in [0.05, 0.1) is 12.5 Å². The van der Waals surface area contributed by atoms with Crippen LogP contribution in [0.1, 0.15) is 85.5 Å². The summed E-state index contributed by atoms with van der Waals surface area (Å²) in [6.45, 7) is 6.66. The van der Waals surface area contributed by atoms with Gasteiger partial charge in [-0.2, -0.15) is 12.6 Å². The zero-order chi connectivity index (χ0) is 34.2. The van der Waals surface area contributed by atoms with Crippen LogP contribution in [-0.4, -0.2) is 86.8 Å². The number of aliphatic carboxylic acids is 1. The summed E-state index contributed by atoms with van der Waals surface area (Å²) in [4.78, 5) is 74.5. The van der Waals surface area contributed by atoms with Gasteiger partial charge in [0.1, 0.15) is 17.7 Å². The minimum Gasteiger partial charge on any atom is -0.480 e. The highest BCUT2D eigenvalue weighted by atomic mass is 32.1. The number of amides is 2. The summed E-state index contributed by atoms with van der Waals surface area (Å²) in [7, 11) is 0. The van der Waals surface area contributed by atoms with Crippen molar-refractivity contribution in [2.75, 3.05) is 12.4 Å². The Balaban J connectivity index is 1.33. The first-order chi connectivity index (χ1) is 21.5. The van der Waals surface area contributed by atoms with E-state index >= 15 is 0 Å². The van der Waals surface area contributed by atoms with Gasteiger partial charge in [-0.25, -0.2) is 4.79 Å². The molecule has 0 saturated heterocycles. The van der Waals surface area contributed by atoms with Gasteiger partial charge in [0.15, 0.2) is 12.4 Å². The van der Waals surface area contributed by atoms with E-state index in [-0.39, 0.29) is 66.3 Å². The predicted molar refractivity (Wildman–Crippen MR) is 168 cm³/mol. The summed E-state index contributed by atoms with van der Waals surface area (Å²) in [6, 6.07) is -2.27. The number of Topliss-reactive ketones (excluding diaryl/α,β-unsaturated/α-hetero) is 1. The Hall–Kier alpha value is -2.77.